The third kappa shape index (κ3) is 4.37. The Morgan fingerprint density at radius 2 is 2.18 bits per heavy atom. The lowest BCUT2D eigenvalue weighted by atomic mass is 10.1. The van der Waals surface area contributed by atoms with Crippen molar-refractivity contribution in [3.05, 3.63) is 28.2 Å². The van der Waals surface area contributed by atoms with Crippen molar-refractivity contribution in [2.24, 2.45) is 0 Å². The lowest BCUT2D eigenvalue weighted by molar-refractivity contribution is 0.217. The summed E-state index contributed by atoms with van der Waals surface area (Å²) in [7, 11) is 0. The van der Waals surface area contributed by atoms with E-state index in [1.807, 2.05) is 18.2 Å². The Labute approximate surface area is 111 Å². The monoisotopic (exact) mass is 295 g/mol. The molecule has 2 N–H and O–H groups in total. The van der Waals surface area contributed by atoms with Gasteiger partial charge < -0.3 is 5.73 Å². The third-order valence-electron chi connectivity index (χ3n) is 2.69. The average Bonchev–Trinajstić information content (AvgIpc) is 2.26. The van der Waals surface area contributed by atoms with Crippen molar-refractivity contribution in [3.63, 3.8) is 0 Å². The number of anilines is 1. The second-order valence-electron chi connectivity index (χ2n) is 4.32. The van der Waals surface area contributed by atoms with Crippen molar-refractivity contribution in [2.75, 3.05) is 12.3 Å². The van der Waals surface area contributed by atoms with Crippen molar-refractivity contribution in [3.8, 4) is 6.07 Å². The fourth-order valence-corrected chi connectivity index (χ4v) is 2.15. The van der Waals surface area contributed by atoms with Crippen LogP contribution in [0.15, 0.2) is 22.7 Å². The topological polar surface area (TPSA) is 53.0 Å². The molecular weight excluding hydrogens is 278 g/mol. The van der Waals surface area contributed by atoms with E-state index in [1.54, 1.807) is 0 Å². The molecule has 0 aromatic heterocycles. The van der Waals surface area contributed by atoms with E-state index in [9.17, 15) is 0 Å². The molecule has 1 aromatic carbocycles. The van der Waals surface area contributed by atoms with E-state index in [1.165, 1.54) is 5.56 Å². The predicted molar refractivity (Wildman–Crippen MR) is 74.3 cm³/mol. The van der Waals surface area contributed by atoms with Crippen molar-refractivity contribution < 1.29 is 0 Å². The van der Waals surface area contributed by atoms with E-state index < -0.39 is 0 Å². The van der Waals surface area contributed by atoms with Crippen LogP contribution in [0.25, 0.3) is 0 Å². The minimum atomic E-state index is 0.424. The largest absolute Gasteiger partial charge is 0.399 e. The molecule has 17 heavy (non-hydrogen) atoms. The number of nitrogens with two attached hydrogens (primary N) is 1. The van der Waals surface area contributed by atoms with Gasteiger partial charge in [-0.3, -0.25) is 4.90 Å². The maximum atomic E-state index is 8.65. The summed E-state index contributed by atoms with van der Waals surface area (Å²) in [5.41, 5.74) is 7.67. The lowest BCUT2D eigenvalue weighted by Crippen LogP contribution is -2.31. The summed E-state index contributed by atoms with van der Waals surface area (Å²) >= 11 is 3.52. The lowest BCUT2D eigenvalue weighted by Gasteiger charge is -2.26. The predicted octanol–water partition coefficient (Wildman–Crippen LogP) is 3.16. The highest BCUT2D eigenvalue weighted by atomic mass is 79.9. The van der Waals surface area contributed by atoms with Crippen LogP contribution in [-0.2, 0) is 6.54 Å². The van der Waals surface area contributed by atoms with Gasteiger partial charge in [-0.1, -0.05) is 22.0 Å². The molecule has 0 spiro atoms. The van der Waals surface area contributed by atoms with Crippen LogP contribution >= 0.6 is 15.9 Å². The Hall–Kier alpha value is -1.05. The highest BCUT2D eigenvalue weighted by Gasteiger charge is 2.11. The van der Waals surface area contributed by atoms with E-state index in [4.69, 9.17) is 11.0 Å². The standard InChI is InChI=1S/C13H18BrN3/c1-10(2)17(7-3-6-15)9-11-4-5-12(16)8-13(11)14/h4-5,8,10H,3,7,9,16H2,1-2H3. The van der Waals surface area contributed by atoms with Crippen LogP contribution in [0.5, 0.6) is 0 Å². The molecule has 0 aliphatic rings. The summed E-state index contributed by atoms with van der Waals surface area (Å²) in [4.78, 5) is 2.28. The van der Waals surface area contributed by atoms with Gasteiger partial charge in [-0.15, -0.1) is 0 Å². The summed E-state index contributed by atoms with van der Waals surface area (Å²) in [5.74, 6) is 0. The summed E-state index contributed by atoms with van der Waals surface area (Å²) in [6.45, 7) is 5.91. The van der Waals surface area contributed by atoms with Gasteiger partial charge in [0.15, 0.2) is 0 Å². The van der Waals surface area contributed by atoms with Crippen LogP contribution < -0.4 is 5.73 Å². The molecule has 0 amide bonds. The van der Waals surface area contributed by atoms with Gasteiger partial charge in [0.2, 0.25) is 0 Å². The summed E-state index contributed by atoms with van der Waals surface area (Å²) in [5, 5.41) is 8.65. The summed E-state index contributed by atoms with van der Waals surface area (Å²) in [6.07, 6.45) is 0.560. The fourth-order valence-electron chi connectivity index (χ4n) is 1.62. The van der Waals surface area contributed by atoms with Gasteiger partial charge in [-0.25, -0.2) is 0 Å². The first kappa shape index (κ1) is 14.0. The average molecular weight is 296 g/mol. The third-order valence-corrected chi connectivity index (χ3v) is 3.43. The van der Waals surface area contributed by atoms with Gasteiger partial charge in [-0.05, 0) is 31.5 Å². The number of nitriles is 1. The number of hydrogen-bond acceptors (Lipinski definition) is 3. The molecule has 0 saturated carbocycles. The van der Waals surface area contributed by atoms with Gasteiger partial charge in [0.1, 0.15) is 0 Å². The van der Waals surface area contributed by atoms with E-state index in [0.29, 0.717) is 12.5 Å². The second kappa shape index (κ2) is 6.63. The van der Waals surface area contributed by atoms with Crippen molar-refractivity contribution in [1.29, 1.82) is 5.26 Å². The summed E-state index contributed by atoms with van der Waals surface area (Å²) in [6, 6.07) is 8.46. The second-order valence-corrected chi connectivity index (χ2v) is 5.18. The molecule has 0 saturated heterocycles. The van der Waals surface area contributed by atoms with Crippen LogP contribution in [0.3, 0.4) is 0 Å². The highest BCUT2D eigenvalue weighted by Crippen LogP contribution is 2.22. The number of nitrogen functional groups attached to an aromatic ring is 1. The maximum Gasteiger partial charge on any atom is 0.0635 e. The normalized spacial score (nSPS) is 10.8. The van der Waals surface area contributed by atoms with E-state index in [-0.39, 0.29) is 0 Å². The molecule has 0 fully saturated rings. The SMILES string of the molecule is CC(C)N(CCC#N)Cc1ccc(N)cc1Br. The van der Waals surface area contributed by atoms with Gasteiger partial charge in [0.25, 0.3) is 0 Å². The molecule has 1 rings (SSSR count). The zero-order valence-electron chi connectivity index (χ0n) is 10.3. The minimum Gasteiger partial charge on any atom is -0.399 e. The maximum absolute atomic E-state index is 8.65. The number of halogens is 1. The first-order valence-electron chi connectivity index (χ1n) is 5.69. The first-order valence-corrected chi connectivity index (χ1v) is 6.48. The molecule has 0 bridgehead atoms. The molecule has 1 aromatic rings. The van der Waals surface area contributed by atoms with Crippen molar-refractivity contribution in [2.45, 2.75) is 32.9 Å². The molecular formula is C13H18BrN3. The quantitative estimate of drug-likeness (QED) is 0.849. The van der Waals surface area contributed by atoms with Crippen molar-refractivity contribution >= 4 is 21.6 Å². The van der Waals surface area contributed by atoms with Crippen LogP contribution in [0.2, 0.25) is 0 Å². The van der Waals surface area contributed by atoms with Gasteiger partial charge in [-0.2, -0.15) is 5.26 Å². The van der Waals surface area contributed by atoms with Crippen LogP contribution in [0, 0.1) is 11.3 Å². The fraction of sp³-hybridized carbons (Fsp3) is 0.462. The van der Waals surface area contributed by atoms with E-state index >= 15 is 0 Å². The Morgan fingerprint density at radius 3 is 2.71 bits per heavy atom. The molecule has 92 valence electrons. The van der Waals surface area contributed by atoms with Gasteiger partial charge in [0.05, 0.1) is 6.07 Å². The van der Waals surface area contributed by atoms with Crippen LogP contribution in [0.4, 0.5) is 5.69 Å². The van der Waals surface area contributed by atoms with Crippen LogP contribution in [-0.4, -0.2) is 17.5 Å². The number of hydrogen-bond donors (Lipinski definition) is 1. The molecule has 4 heteroatoms. The Kier molecular flexibility index (Phi) is 5.46. The number of benzene rings is 1. The highest BCUT2D eigenvalue weighted by molar-refractivity contribution is 9.10. The number of nitrogens with zero attached hydrogens (tertiary/aromatic N) is 2. The number of rotatable bonds is 5. The molecule has 3 nitrogen and oxygen atoms in total. The minimum absolute atomic E-state index is 0.424. The smallest absolute Gasteiger partial charge is 0.0635 e. The molecule has 0 heterocycles. The van der Waals surface area contributed by atoms with Gasteiger partial charge >= 0.3 is 0 Å². The first-order chi connectivity index (χ1) is 8.04. The molecule has 0 unspecified atom stereocenters. The zero-order chi connectivity index (χ0) is 12.8. The molecule has 0 aliphatic carbocycles. The van der Waals surface area contributed by atoms with E-state index in [0.717, 1.165) is 23.2 Å². The molecule has 0 aliphatic heterocycles. The summed E-state index contributed by atoms with van der Waals surface area (Å²) < 4.78 is 1.03. The molecule has 0 atom stereocenters. The van der Waals surface area contributed by atoms with Crippen molar-refractivity contribution in [1.82, 2.24) is 4.90 Å². The Morgan fingerprint density at radius 1 is 1.47 bits per heavy atom. The van der Waals surface area contributed by atoms with E-state index in [2.05, 4.69) is 40.7 Å². The van der Waals surface area contributed by atoms with Crippen LogP contribution in [0.1, 0.15) is 25.8 Å². The van der Waals surface area contributed by atoms with Gasteiger partial charge in [0, 0.05) is 35.7 Å². The zero-order valence-corrected chi connectivity index (χ0v) is 11.9. The Bertz CT molecular complexity index is 410. The molecule has 0 radical (unpaired) electrons. The Balaban J connectivity index is 2.75.